The summed E-state index contributed by atoms with van der Waals surface area (Å²) >= 11 is 0. The quantitative estimate of drug-likeness (QED) is 0.718. The van der Waals surface area contributed by atoms with E-state index < -0.39 is 5.97 Å². The Balaban J connectivity index is 2.81. The van der Waals surface area contributed by atoms with Crippen LogP contribution in [-0.4, -0.2) is 23.5 Å². The molecule has 4 N–H and O–H groups in total. The Morgan fingerprint density at radius 1 is 1.41 bits per heavy atom. The third-order valence-electron chi connectivity index (χ3n) is 2.46. The number of rotatable bonds is 5. The van der Waals surface area contributed by atoms with Crippen molar-refractivity contribution >= 4 is 17.6 Å². The van der Waals surface area contributed by atoms with Crippen molar-refractivity contribution in [2.24, 2.45) is 11.7 Å². The summed E-state index contributed by atoms with van der Waals surface area (Å²) in [5.41, 5.74) is 5.76. The van der Waals surface area contributed by atoms with Crippen LogP contribution in [0, 0.1) is 5.92 Å². The third-order valence-corrected chi connectivity index (χ3v) is 2.46. The first-order valence-corrected chi connectivity index (χ1v) is 5.39. The number of benzene rings is 1. The summed E-state index contributed by atoms with van der Waals surface area (Å²) in [5.74, 6) is -1.52. The molecule has 0 aliphatic carbocycles. The number of amides is 1. The van der Waals surface area contributed by atoms with E-state index in [1.165, 1.54) is 6.07 Å². The molecule has 5 heteroatoms. The van der Waals surface area contributed by atoms with Crippen molar-refractivity contribution in [3.05, 3.63) is 29.8 Å². The molecule has 0 fully saturated rings. The molecule has 0 aliphatic rings. The molecule has 1 rings (SSSR count). The maximum atomic E-state index is 11.7. The molecule has 5 nitrogen and oxygen atoms in total. The van der Waals surface area contributed by atoms with E-state index in [0.29, 0.717) is 18.7 Å². The minimum Gasteiger partial charge on any atom is -0.478 e. The smallest absolute Gasteiger partial charge is 0.337 e. The predicted octanol–water partition coefficient (Wildman–Crippen LogP) is 1.31. The van der Waals surface area contributed by atoms with Gasteiger partial charge in [-0.05, 0) is 25.1 Å². The Bertz CT molecular complexity index is 418. The van der Waals surface area contributed by atoms with E-state index in [2.05, 4.69) is 5.32 Å². The van der Waals surface area contributed by atoms with Gasteiger partial charge in [0.2, 0.25) is 5.91 Å². The van der Waals surface area contributed by atoms with Gasteiger partial charge in [0.25, 0.3) is 0 Å². The number of hydrogen-bond acceptors (Lipinski definition) is 3. The first-order chi connectivity index (χ1) is 8.06. The van der Waals surface area contributed by atoms with Gasteiger partial charge in [0.05, 0.1) is 11.3 Å². The summed E-state index contributed by atoms with van der Waals surface area (Å²) in [6.45, 7) is 2.18. The second kappa shape index (κ2) is 6.00. The van der Waals surface area contributed by atoms with Crippen LogP contribution >= 0.6 is 0 Å². The van der Waals surface area contributed by atoms with Gasteiger partial charge in [0, 0.05) is 5.92 Å². The van der Waals surface area contributed by atoms with Crippen LogP contribution in [0.15, 0.2) is 24.3 Å². The lowest BCUT2D eigenvalue weighted by molar-refractivity contribution is -0.119. The lowest BCUT2D eigenvalue weighted by atomic mass is 10.1. The van der Waals surface area contributed by atoms with Crippen LogP contribution in [0.3, 0.4) is 0 Å². The minimum absolute atomic E-state index is 0.0841. The first kappa shape index (κ1) is 13.2. The summed E-state index contributed by atoms with van der Waals surface area (Å²) in [4.78, 5) is 22.6. The molecule has 0 bridgehead atoms. The van der Waals surface area contributed by atoms with E-state index in [1.54, 1.807) is 25.1 Å². The summed E-state index contributed by atoms with van der Waals surface area (Å²) in [6.07, 6.45) is 0.571. The number of para-hydroxylation sites is 1. The summed E-state index contributed by atoms with van der Waals surface area (Å²) in [6, 6.07) is 6.31. The van der Waals surface area contributed by atoms with E-state index >= 15 is 0 Å². The minimum atomic E-state index is -1.06. The fraction of sp³-hybridized carbons (Fsp3) is 0.333. The van der Waals surface area contributed by atoms with Gasteiger partial charge in [0.1, 0.15) is 0 Å². The van der Waals surface area contributed by atoms with Crippen molar-refractivity contribution in [1.29, 1.82) is 0 Å². The molecule has 0 aromatic heterocycles. The molecule has 1 aromatic rings. The van der Waals surface area contributed by atoms with Crippen LogP contribution in [0.4, 0.5) is 5.69 Å². The van der Waals surface area contributed by atoms with Crippen LogP contribution in [-0.2, 0) is 4.79 Å². The highest BCUT2D eigenvalue weighted by Gasteiger charge is 2.15. The van der Waals surface area contributed by atoms with Crippen LogP contribution in [0.1, 0.15) is 23.7 Å². The molecule has 1 unspecified atom stereocenters. The fourth-order valence-corrected chi connectivity index (χ4v) is 1.42. The SMILES string of the molecule is CC(CCN)C(=O)Nc1ccccc1C(=O)O. The topological polar surface area (TPSA) is 92.4 Å². The summed E-state index contributed by atoms with van der Waals surface area (Å²) < 4.78 is 0. The standard InChI is InChI=1S/C12H16N2O3/c1-8(6-7-13)11(15)14-10-5-3-2-4-9(10)12(16)17/h2-5,8H,6-7,13H2,1H3,(H,14,15)(H,16,17). The summed E-state index contributed by atoms with van der Waals surface area (Å²) in [5, 5.41) is 11.6. The Morgan fingerprint density at radius 2 is 2.06 bits per heavy atom. The zero-order valence-electron chi connectivity index (χ0n) is 9.64. The van der Waals surface area contributed by atoms with E-state index in [1.807, 2.05) is 0 Å². The summed E-state index contributed by atoms with van der Waals surface area (Å²) in [7, 11) is 0. The van der Waals surface area contributed by atoms with Crippen molar-refractivity contribution in [3.63, 3.8) is 0 Å². The molecule has 0 aliphatic heterocycles. The van der Waals surface area contributed by atoms with E-state index in [4.69, 9.17) is 10.8 Å². The predicted molar refractivity (Wildman–Crippen MR) is 64.9 cm³/mol. The van der Waals surface area contributed by atoms with Crippen molar-refractivity contribution in [2.45, 2.75) is 13.3 Å². The van der Waals surface area contributed by atoms with Crippen LogP contribution in [0.25, 0.3) is 0 Å². The van der Waals surface area contributed by atoms with Gasteiger partial charge in [0.15, 0.2) is 0 Å². The molecule has 0 saturated carbocycles. The highest BCUT2D eigenvalue weighted by atomic mass is 16.4. The van der Waals surface area contributed by atoms with Crippen molar-refractivity contribution < 1.29 is 14.7 Å². The van der Waals surface area contributed by atoms with Crippen molar-refractivity contribution in [3.8, 4) is 0 Å². The molecule has 17 heavy (non-hydrogen) atoms. The normalized spacial score (nSPS) is 11.9. The highest BCUT2D eigenvalue weighted by Crippen LogP contribution is 2.16. The molecular formula is C12H16N2O3. The van der Waals surface area contributed by atoms with Gasteiger partial charge in [-0.1, -0.05) is 19.1 Å². The maximum Gasteiger partial charge on any atom is 0.337 e. The molecule has 1 atom stereocenters. The Labute approximate surface area is 99.6 Å². The number of hydrogen-bond donors (Lipinski definition) is 3. The number of anilines is 1. The zero-order valence-corrected chi connectivity index (χ0v) is 9.64. The molecule has 0 heterocycles. The van der Waals surface area contributed by atoms with Gasteiger partial charge in [-0.25, -0.2) is 4.79 Å². The average Bonchev–Trinajstić information content (AvgIpc) is 2.29. The zero-order chi connectivity index (χ0) is 12.8. The van der Waals surface area contributed by atoms with Crippen molar-refractivity contribution in [1.82, 2.24) is 0 Å². The molecular weight excluding hydrogens is 220 g/mol. The number of carboxylic acids is 1. The molecule has 1 amide bonds. The largest absolute Gasteiger partial charge is 0.478 e. The van der Waals surface area contributed by atoms with E-state index in [9.17, 15) is 9.59 Å². The van der Waals surface area contributed by atoms with Gasteiger partial charge in [-0.15, -0.1) is 0 Å². The molecule has 0 spiro atoms. The first-order valence-electron chi connectivity index (χ1n) is 5.39. The maximum absolute atomic E-state index is 11.7. The van der Waals surface area contributed by atoms with Crippen LogP contribution < -0.4 is 11.1 Å². The van der Waals surface area contributed by atoms with Gasteiger partial charge >= 0.3 is 5.97 Å². The highest BCUT2D eigenvalue weighted by molar-refractivity contribution is 6.01. The molecule has 1 aromatic carbocycles. The van der Waals surface area contributed by atoms with Crippen molar-refractivity contribution in [2.75, 3.05) is 11.9 Å². The Morgan fingerprint density at radius 3 is 2.65 bits per heavy atom. The number of carboxylic acid groups (broad SMARTS) is 1. The molecule has 0 saturated heterocycles. The molecule has 0 radical (unpaired) electrons. The second-order valence-corrected chi connectivity index (χ2v) is 3.82. The fourth-order valence-electron chi connectivity index (χ4n) is 1.42. The number of nitrogens with two attached hydrogens (primary N) is 1. The molecule has 92 valence electrons. The number of nitrogens with one attached hydrogen (secondary N) is 1. The third kappa shape index (κ3) is 3.57. The number of carbonyl (C=O) groups is 2. The van der Waals surface area contributed by atoms with Gasteiger partial charge in [-0.3, -0.25) is 4.79 Å². The average molecular weight is 236 g/mol. The van der Waals surface area contributed by atoms with E-state index in [0.717, 1.165) is 0 Å². The number of carbonyl (C=O) groups excluding carboxylic acids is 1. The van der Waals surface area contributed by atoms with E-state index in [-0.39, 0.29) is 17.4 Å². The lowest BCUT2D eigenvalue weighted by Gasteiger charge is -2.12. The second-order valence-electron chi connectivity index (χ2n) is 3.82. The number of aromatic carboxylic acids is 1. The van der Waals surface area contributed by atoms with Crippen LogP contribution in [0.2, 0.25) is 0 Å². The van der Waals surface area contributed by atoms with Gasteiger partial charge in [-0.2, -0.15) is 0 Å². The van der Waals surface area contributed by atoms with Gasteiger partial charge < -0.3 is 16.2 Å². The van der Waals surface area contributed by atoms with Crippen LogP contribution in [0.5, 0.6) is 0 Å². The lowest BCUT2D eigenvalue weighted by Crippen LogP contribution is -2.23. The Kier molecular flexibility index (Phi) is 4.66. The monoisotopic (exact) mass is 236 g/mol. The Hall–Kier alpha value is -1.88.